The van der Waals surface area contributed by atoms with Crippen LogP contribution in [-0.4, -0.2) is 73.8 Å². The van der Waals surface area contributed by atoms with Gasteiger partial charge >= 0.3 is 58.7 Å². The average molecular weight is 190 g/mol. The maximum atomic E-state index is 7.17. The molecule has 3 N–H and O–H groups in total. The van der Waals surface area contributed by atoms with E-state index >= 15 is 0 Å². The molecule has 62 valence electrons. The molecule has 0 aromatic carbocycles. The van der Waals surface area contributed by atoms with Crippen LogP contribution < -0.4 is 0 Å². The molecule has 10 heavy (non-hydrogen) atoms. The summed E-state index contributed by atoms with van der Waals surface area (Å²) in [6, 6.07) is 0. The second kappa shape index (κ2) is 49.7. The van der Waals surface area contributed by atoms with Gasteiger partial charge in [0, 0.05) is 0 Å². The molecule has 0 aliphatic heterocycles. The zero-order chi connectivity index (χ0) is 5.58. The van der Waals surface area contributed by atoms with Gasteiger partial charge < -0.3 is 15.1 Å². The number of hydrogen-bond acceptors (Lipinski definition) is 3. The third kappa shape index (κ3) is 485. The van der Waals surface area contributed by atoms with Crippen molar-refractivity contribution in [3.05, 3.63) is 13.2 Å². The molecule has 0 saturated heterocycles. The van der Waals surface area contributed by atoms with Gasteiger partial charge in [-0.15, -0.1) is 13.2 Å². The maximum absolute atomic E-state index is 7.17. The Morgan fingerprint density at radius 1 is 0.800 bits per heavy atom. The summed E-state index contributed by atoms with van der Waals surface area (Å²) in [6.45, 7) is 6.00. The van der Waals surface area contributed by atoms with Crippen LogP contribution in [0.3, 0.4) is 0 Å². The predicted octanol–water partition coefficient (Wildman–Crippen LogP) is -1.44. The van der Waals surface area contributed by atoms with Crippen molar-refractivity contribution in [3.63, 3.8) is 0 Å². The Morgan fingerprint density at radius 3 is 0.800 bits per heavy atom. The van der Waals surface area contributed by atoms with Crippen molar-refractivity contribution in [1.82, 2.24) is 0 Å². The van der Waals surface area contributed by atoms with Crippen LogP contribution >= 0.6 is 0 Å². The molecule has 0 bridgehead atoms. The molecule has 0 amide bonds. The predicted molar refractivity (Wildman–Crippen MR) is 38.3 cm³/mol. The summed E-state index contributed by atoms with van der Waals surface area (Å²) in [5.41, 5.74) is 0. The van der Waals surface area contributed by atoms with Gasteiger partial charge in [-0.05, 0) is 0 Å². The summed E-state index contributed by atoms with van der Waals surface area (Å²) in [5.74, 6) is 0. The van der Waals surface area contributed by atoms with E-state index in [1.165, 1.54) is 0 Å². The molecule has 0 saturated carbocycles. The fraction of sp³-hybridized carbons (Fsp3) is 0. The van der Waals surface area contributed by atoms with Crippen LogP contribution in [0.4, 0.5) is 14.1 Å². The molecular weight excluding hydrogens is 179 g/mol. The van der Waals surface area contributed by atoms with E-state index in [0.717, 1.165) is 0 Å². The summed E-state index contributed by atoms with van der Waals surface area (Å²) < 4.78 is 0. The average Bonchev–Trinajstić information content (AvgIpc) is 1.41. The van der Waals surface area contributed by atoms with Crippen LogP contribution in [0.15, 0.2) is 13.2 Å². The van der Waals surface area contributed by atoms with Crippen molar-refractivity contribution in [1.29, 1.82) is 0 Å². The van der Waals surface area contributed by atoms with Gasteiger partial charge in [-0.3, -0.25) is 14.1 Å². The van der Waals surface area contributed by atoms with Crippen molar-refractivity contribution in [2.75, 3.05) is 0 Å². The third-order valence-electron chi connectivity index (χ3n) is 0. The molecule has 0 fully saturated rings. The van der Waals surface area contributed by atoms with Gasteiger partial charge in [-0.1, -0.05) is 0 Å². The van der Waals surface area contributed by atoms with E-state index in [0.29, 0.717) is 0 Å². The van der Waals surface area contributed by atoms with Gasteiger partial charge in [0.2, 0.25) is 0 Å². The van der Waals surface area contributed by atoms with Crippen molar-refractivity contribution in [3.8, 4) is 0 Å². The standard InChI is InChI=1S/C2H4.BH3O3.3FH.K.H/c1-2;2-1(3)4;;;;;/h1-2H2;2-4H;3*1H;;. The van der Waals surface area contributed by atoms with Gasteiger partial charge in [-0.2, -0.15) is 0 Å². The van der Waals surface area contributed by atoms with Crippen LogP contribution in [0.25, 0.3) is 0 Å². The molecule has 3 nitrogen and oxygen atoms in total. The van der Waals surface area contributed by atoms with Crippen molar-refractivity contribution in [2.24, 2.45) is 0 Å². The first-order valence-electron chi connectivity index (χ1n) is 1.27. The molecule has 0 heterocycles. The van der Waals surface area contributed by atoms with Gasteiger partial charge in [-0.25, -0.2) is 0 Å². The molecule has 0 rings (SSSR count). The molecule has 0 unspecified atom stereocenters. The first-order chi connectivity index (χ1) is 2.73. The molecule has 8 heteroatoms. The fourth-order valence-corrected chi connectivity index (χ4v) is 0. The van der Waals surface area contributed by atoms with Crippen LogP contribution in [0.2, 0.25) is 0 Å². The number of rotatable bonds is 0. The number of hydrogen-bond donors (Lipinski definition) is 3. The van der Waals surface area contributed by atoms with Crippen LogP contribution in [0.1, 0.15) is 0 Å². The van der Waals surface area contributed by atoms with E-state index in [-0.39, 0.29) is 65.5 Å². The second-order valence-corrected chi connectivity index (χ2v) is 0.346. The van der Waals surface area contributed by atoms with E-state index in [9.17, 15) is 0 Å². The number of halogens is 3. The molecule has 0 aromatic heterocycles. The van der Waals surface area contributed by atoms with Crippen LogP contribution in [0.5, 0.6) is 0 Å². The van der Waals surface area contributed by atoms with Gasteiger partial charge in [0.25, 0.3) is 0 Å². The first-order valence-corrected chi connectivity index (χ1v) is 1.27. The minimum atomic E-state index is -2.17. The molecule has 0 aliphatic rings. The SMILES string of the molecule is C=C.F.F.F.OB(O)O.[KH]. The summed E-state index contributed by atoms with van der Waals surface area (Å²) in [7, 11) is -2.17. The van der Waals surface area contributed by atoms with E-state index in [1.54, 1.807) is 0 Å². The van der Waals surface area contributed by atoms with E-state index < -0.39 is 7.32 Å². The Morgan fingerprint density at radius 2 is 0.800 bits per heavy atom. The summed E-state index contributed by atoms with van der Waals surface area (Å²) in [6.07, 6.45) is 0. The molecular formula is C2H11BF3KO3. The topological polar surface area (TPSA) is 60.7 Å². The molecule has 0 spiro atoms. The Balaban J connectivity index is -0.00000000625. The zero-order valence-electron chi connectivity index (χ0n) is 4.56. The quantitative estimate of drug-likeness (QED) is 0.324. The Kier molecular flexibility index (Phi) is 216. The van der Waals surface area contributed by atoms with Crippen molar-refractivity contribution >= 4 is 58.7 Å². The Bertz CT molecular complexity index is 33.0. The Labute approximate surface area is 99.8 Å². The molecule has 0 aliphatic carbocycles. The van der Waals surface area contributed by atoms with Crippen LogP contribution in [0, 0.1) is 0 Å². The second-order valence-electron chi connectivity index (χ2n) is 0.346. The van der Waals surface area contributed by atoms with Gasteiger partial charge in [0.15, 0.2) is 0 Å². The molecule has 0 aromatic rings. The van der Waals surface area contributed by atoms with E-state index in [1.807, 2.05) is 0 Å². The Hall–Kier alpha value is 1.11. The fourth-order valence-electron chi connectivity index (χ4n) is 0. The summed E-state index contributed by atoms with van der Waals surface area (Å²) in [5, 5.41) is 21.5. The first kappa shape index (κ1) is 43.5. The van der Waals surface area contributed by atoms with Crippen LogP contribution in [-0.2, 0) is 0 Å². The third-order valence-corrected chi connectivity index (χ3v) is 0. The monoisotopic (exact) mass is 190 g/mol. The van der Waals surface area contributed by atoms with Crippen molar-refractivity contribution in [2.45, 2.75) is 0 Å². The van der Waals surface area contributed by atoms with E-state index in [4.69, 9.17) is 15.1 Å². The minimum absolute atomic E-state index is 0. The molecule has 0 radical (unpaired) electrons. The normalized spacial score (nSPS) is 3.10. The molecule has 0 atom stereocenters. The zero-order valence-corrected chi connectivity index (χ0v) is 4.56. The summed E-state index contributed by atoms with van der Waals surface area (Å²) >= 11 is 0. The van der Waals surface area contributed by atoms with E-state index in [2.05, 4.69) is 13.2 Å². The van der Waals surface area contributed by atoms with Gasteiger partial charge in [0.1, 0.15) is 0 Å². The van der Waals surface area contributed by atoms with Gasteiger partial charge in [0.05, 0.1) is 0 Å². The summed E-state index contributed by atoms with van der Waals surface area (Å²) in [4.78, 5) is 0. The van der Waals surface area contributed by atoms with Crippen molar-refractivity contribution < 1.29 is 29.2 Å².